The predicted octanol–water partition coefficient (Wildman–Crippen LogP) is 8.91. The molecular formula is C52H55ClFN7O7S. The lowest BCUT2D eigenvalue weighted by atomic mass is 9.85. The molecule has 4 aromatic carbocycles. The number of rotatable bonds is 17. The Kier molecular flexibility index (Phi) is 15.5. The molecule has 0 saturated carbocycles. The quantitative estimate of drug-likeness (QED) is 0.0674. The molecule has 0 unspecified atom stereocenters. The highest BCUT2D eigenvalue weighted by Gasteiger charge is 2.51. The number of thiocarbonyl (C=S) groups is 1. The van der Waals surface area contributed by atoms with Crippen molar-refractivity contribution in [2.24, 2.45) is 5.41 Å². The Morgan fingerprint density at radius 2 is 1.70 bits per heavy atom. The number of oxazole rings is 1. The van der Waals surface area contributed by atoms with Crippen LogP contribution in [-0.4, -0.2) is 82.6 Å². The number of benzene rings is 4. The van der Waals surface area contributed by atoms with Crippen LogP contribution in [0.25, 0.3) is 22.5 Å². The van der Waals surface area contributed by atoms with Gasteiger partial charge in [-0.25, -0.2) is 9.37 Å². The van der Waals surface area contributed by atoms with Gasteiger partial charge in [0.2, 0.25) is 17.7 Å². The Bertz CT molecular complexity index is 2770. The lowest BCUT2D eigenvalue weighted by molar-refractivity contribution is -0.144. The molecule has 2 fully saturated rings. The SMILES string of the molecule is Cc1ncoc1-c1ccc(CNC(=O)[C@@H]2CCCN2C(=O)[C@@H](NC(=O)COCCCCOc2ccc(-c3ccc(N4C(=S)N(c5ccc(C#N)c(Cl)c5)C(=O)C4(C)C)c(F)c3)cc2)C(C)(C)C)cc1. The van der Waals surface area contributed by atoms with Gasteiger partial charge in [0.25, 0.3) is 5.91 Å². The van der Waals surface area contributed by atoms with Crippen LogP contribution in [0.1, 0.15) is 77.1 Å². The summed E-state index contributed by atoms with van der Waals surface area (Å²) in [5.41, 5.74) is 2.88. The Morgan fingerprint density at radius 1 is 1.00 bits per heavy atom. The average molecular weight is 977 g/mol. The molecule has 17 heteroatoms. The number of nitrogens with one attached hydrogen (secondary N) is 2. The van der Waals surface area contributed by atoms with Crippen molar-refractivity contribution in [2.75, 3.05) is 36.2 Å². The molecule has 2 aliphatic rings. The summed E-state index contributed by atoms with van der Waals surface area (Å²) < 4.78 is 33.0. The van der Waals surface area contributed by atoms with Crippen molar-refractivity contribution in [2.45, 2.75) is 91.4 Å². The summed E-state index contributed by atoms with van der Waals surface area (Å²) >= 11 is 12.0. The number of amides is 4. The van der Waals surface area contributed by atoms with Gasteiger partial charge in [0.15, 0.2) is 17.3 Å². The van der Waals surface area contributed by atoms with Crippen LogP contribution in [0, 0.1) is 29.5 Å². The Morgan fingerprint density at radius 3 is 2.35 bits per heavy atom. The monoisotopic (exact) mass is 975 g/mol. The largest absolute Gasteiger partial charge is 0.494 e. The van der Waals surface area contributed by atoms with Gasteiger partial charge in [-0.2, -0.15) is 5.26 Å². The Labute approximate surface area is 411 Å². The fourth-order valence-corrected chi connectivity index (χ4v) is 9.15. The van der Waals surface area contributed by atoms with Crippen LogP contribution < -0.4 is 25.2 Å². The second kappa shape index (κ2) is 21.3. The van der Waals surface area contributed by atoms with Crippen molar-refractivity contribution in [3.05, 3.63) is 119 Å². The number of hydrogen-bond donors (Lipinski definition) is 2. The van der Waals surface area contributed by atoms with Crippen molar-refractivity contribution >= 4 is 63.9 Å². The number of likely N-dealkylation sites (tertiary alicyclic amines) is 1. The minimum absolute atomic E-state index is 0.0838. The van der Waals surface area contributed by atoms with Gasteiger partial charge in [-0.3, -0.25) is 24.1 Å². The van der Waals surface area contributed by atoms with E-state index in [2.05, 4.69) is 15.6 Å². The summed E-state index contributed by atoms with van der Waals surface area (Å²) in [5, 5.41) is 15.4. The molecule has 0 aliphatic carbocycles. The molecule has 69 heavy (non-hydrogen) atoms. The summed E-state index contributed by atoms with van der Waals surface area (Å²) in [4.78, 5) is 62.5. The molecule has 2 saturated heterocycles. The van der Waals surface area contributed by atoms with Crippen LogP contribution in [0.15, 0.2) is 95.7 Å². The third-order valence-electron chi connectivity index (χ3n) is 12.2. The summed E-state index contributed by atoms with van der Waals surface area (Å²) in [5.74, 6) is -0.574. The highest BCUT2D eigenvalue weighted by atomic mass is 35.5. The van der Waals surface area contributed by atoms with Crippen molar-refractivity contribution in [1.82, 2.24) is 20.5 Å². The number of aromatic nitrogens is 1. The highest BCUT2D eigenvalue weighted by Crippen LogP contribution is 2.40. The van der Waals surface area contributed by atoms with E-state index in [1.807, 2.05) is 70.2 Å². The first-order valence-electron chi connectivity index (χ1n) is 22.7. The summed E-state index contributed by atoms with van der Waals surface area (Å²) in [6, 6.07) is 24.7. The van der Waals surface area contributed by atoms with E-state index in [1.54, 1.807) is 49.1 Å². The van der Waals surface area contributed by atoms with E-state index in [1.165, 1.54) is 34.4 Å². The lowest BCUT2D eigenvalue weighted by Gasteiger charge is -2.35. The van der Waals surface area contributed by atoms with Gasteiger partial charge in [0.1, 0.15) is 41.9 Å². The summed E-state index contributed by atoms with van der Waals surface area (Å²) in [6.45, 7) is 12.0. The van der Waals surface area contributed by atoms with Gasteiger partial charge in [-0.15, -0.1) is 0 Å². The zero-order valence-electron chi connectivity index (χ0n) is 39.4. The van der Waals surface area contributed by atoms with Crippen molar-refractivity contribution < 1.29 is 37.5 Å². The third-order valence-corrected chi connectivity index (χ3v) is 12.9. The van der Waals surface area contributed by atoms with E-state index >= 15 is 4.39 Å². The Hall–Kier alpha value is -6.67. The van der Waals surface area contributed by atoms with Gasteiger partial charge < -0.3 is 34.3 Å². The number of carbonyl (C=O) groups excluding carboxylic acids is 4. The average Bonchev–Trinajstić information content (AvgIpc) is 4.03. The molecule has 14 nitrogen and oxygen atoms in total. The first-order chi connectivity index (χ1) is 32.9. The van der Waals surface area contributed by atoms with Crippen molar-refractivity contribution in [1.29, 1.82) is 5.26 Å². The zero-order valence-corrected chi connectivity index (χ0v) is 41.0. The number of anilines is 2. The summed E-state index contributed by atoms with van der Waals surface area (Å²) in [7, 11) is 0. The van der Waals surface area contributed by atoms with E-state index in [0.29, 0.717) is 74.7 Å². The molecule has 0 spiro atoms. The zero-order chi connectivity index (χ0) is 49.6. The van der Waals surface area contributed by atoms with Crippen LogP contribution in [0.2, 0.25) is 5.02 Å². The molecule has 4 amide bonds. The van der Waals surface area contributed by atoms with Crippen LogP contribution in [-0.2, 0) is 30.5 Å². The van der Waals surface area contributed by atoms with E-state index in [9.17, 15) is 24.4 Å². The minimum atomic E-state index is -1.21. The molecule has 1 aromatic heterocycles. The molecule has 0 radical (unpaired) electrons. The molecule has 2 aliphatic heterocycles. The number of aryl methyl sites for hydroxylation is 1. The van der Waals surface area contributed by atoms with Crippen molar-refractivity contribution in [3.8, 4) is 34.3 Å². The molecule has 7 rings (SSSR count). The number of hydrogen-bond acceptors (Lipinski definition) is 10. The maximum atomic E-state index is 15.9. The van der Waals surface area contributed by atoms with Gasteiger partial charge in [-0.1, -0.05) is 74.8 Å². The summed E-state index contributed by atoms with van der Waals surface area (Å²) in [6.07, 6.45) is 3.88. The first kappa shape index (κ1) is 50.2. The van der Waals surface area contributed by atoms with Crippen molar-refractivity contribution in [3.63, 3.8) is 0 Å². The molecule has 0 bridgehead atoms. The number of halogens is 2. The van der Waals surface area contributed by atoms with Gasteiger partial charge in [-0.05, 0) is 123 Å². The topological polar surface area (TPSA) is 170 Å². The number of nitrogens with zero attached hydrogens (tertiary/aromatic N) is 5. The molecule has 360 valence electrons. The minimum Gasteiger partial charge on any atom is -0.494 e. The van der Waals surface area contributed by atoms with Gasteiger partial charge >= 0.3 is 0 Å². The maximum Gasteiger partial charge on any atom is 0.259 e. The Balaban J connectivity index is 0.834. The molecule has 2 N–H and O–H groups in total. The molecule has 5 aromatic rings. The van der Waals surface area contributed by atoms with Crippen LogP contribution in [0.4, 0.5) is 15.8 Å². The number of unbranched alkanes of at least 4 members (excludes halogenated alkanes) is 1. The van der Waals surface area contributed by atoms with E-state index in [-0.39, 0.29) is 45.7 Å². The normalized spacial score (nSPS) is 16.1. The standard InChI is InChI=1S/C52H55ClFN7O7S/c1-32-45(68-31-57-32)35-13-11-33(12-14-35)29-56-47(63)43-10-9-23-59(43)48(64)46(51(2,3)4)58-44(62)30-66-24-7-8-25-67-39-20-16-34(17-21-39)36-18-22-42(41(54)26-36)61-50(69)60(49(65)52(61,5)6)38-19-15-37(28-55)40(53)27-38/h11-22,26-27,31,43,46H,7-10,23-25,29-30H2,1-6H3,(H,56,63)(H,58,62)/t43-,46+/m0/s1. The first-order valence-corrected chi connectivity index (χ1v) is 23.5. The fourth-order valence-electron chi connectivity index (χ4n) is 8.41. The third kappa shape index (κ3) is 11.3. The molecule has 3 heterocycles. The van der Waals surface area contributed by atoms with E-state index in [0.717, 1.165) is 22.4 Å². The van der Waals surface area contributed by atoms with Gasteiger partial charge in [0, 0.05) is 25.3 Å². The molecular weight excluding hydrogens is 921 g/mol. The molecule has 2 atom stereocenters. The number of ether oxygens (including phenoxy) is 2. The fraction of sp³-hybridized carbons (Fsp3) is 0.365. The van der Waals surface area contributed by atoms with Crippen LogP contribution in [0.3, 0.4) is 0 Å². The highest BCUT2D eigenvalue weighted by molar-refractivity contribution is 7.81. The predicted molar refractivity (Wildman–Crippen MR) is 265 cm³/mol. The van der Waals surface area contributed by atoms with Crippen LogP contribution >= 0.6 is 23.8 Å². The number of carbonyl (C=O) groups is 4. The maximum absolute atomic E-state index is 15.9. The van der Waals surface area contributed by atoms with Gasteiger partial charge in [0.05, 0.1) is 34.3 Å². The van der Waals surface area contributed by atoms with E-state index < -0.39 is 34.8 Å². The lowest BCUT2D eigenvalue weighted by Crippen LogP contribution is -2.58. The number of nitriles is 1. The smallest absolute Gasteiger partial charge is 0.259 e. The van der Waals surface area contributed by atoms with Crippen LogP contribution in [0.5, 0.6) is 5.75 Å². The second-order valence-electron chi connectivity index (χ2n) is 18.6. The van der Waals surface area contributed by atoms with E-state index in [4.69, 9.17) is 37.7 Å². The second-order valence-corrected chi connectivity index (χ2v) is 19.4.